The summed E-state index contributed by atoms with van der Waals surface area (Å²) in [6.07, 6.45) is 3.32. The number of carboxylic acid groups (broad SMARTS) is 1. The van der Waals surface area contributed by atoms with Crippen LogP contribution >= 0.6 is 0 Å². The Bertz CT molecular complexity index is 121. The molecule has 2 atom stereocenters. The molecule has 0 amide bonds. The average molecular weight is 158 g/mol. The summed E-state index contributed by atoms with van der Waals surface area (Å²) in [6, 6.07) is 0. The third kappa shape index (κ3) is 4.02. The van der Waals surface area contributed by atoms with Gasteiger partial charge in [0.25, 0.3) is 0 Å². The van der Waals surface area contributed by atoms with Crippen molar-refractivity contribution in [3.63, 3.8) is 0 Å². The van der Waals surface area contributed by atoms with E-state index >= 15 is 0 Å². The Hall–Kier alpha value is -0.530. The molecule has 0 saturated carbocycles. The lowest BCUT2D eigenvalue weighted by atomic mass is 9.91. The van der Waals surface area contributed by atoms with Crippen molar-refractivity contribution in [1.29, 1.82) is 0 Å². The monoisotopic (exact) mass is 158 g/mol. The van der Waals surface area contributed by atoms with E-state index in [1.54, 1.807) is 6.92 Å². The summed E-state index contributed by atoms with van der Waals surface area (Å²) in [4.78, 5) is 10.5. The highest BCUT2D eigenvalue weighted by Crippen LogP contribution is 2.17. The highest BCUT2D eigenvalue weighted by molar-refractivity contribution is 5.69. The maximum Gasteiger partial charge on any atom is 0.306 e. The summed E-state index contributed by atoms with van der Waals surface area (Å²) >= 11 is 0. The predicted molar refractivity (Wildman–Crippen MR) is 45.5 cm³/mol. The van der Waals surface area contributed by atoms with Gasteiger partial charge in [-0.25, -0.2) is 0 Å². The van der Waals surface area contributed by atoms with Crippen molar-refractivity contribution in [3.8, 4) is 0 Å². The lowest BCUT2D eigenvalue weighted by Crippen LogP contribution is -2.17. The minimum atomic E-state index is -0.673. The fraction of sp³-hybridized carbons (Fsp3) is 0.889. The van der Waals surface area contributed by atoms with Crippen LogP contribution in [0, 0.1) is 11.8 Å². The van der Waals surface area contributed by atoms with Gasteiger partial charge in [-0.2, -0.15) is 0 Å². The minimum Gasteiger partial charge on any atom is -0.481 e. The number of hydrogen-bond donors (Lipinski definition) is 1. The molecule has 0 spiro atoms. The molecule has 0 heterocycles. The van der Waals surface area contributed by atoms with Crippen LogP contribution in [0.4, 0.5) is 0 Å². The molecular formula is C9H18O2. The van der Waals surface area contributed by atoms with Crippen molar-refractivity contribution in [2.45, 2.75) is 40.0 Å². The molecule has 0 aliphatic rings. The van der Waals surface area contributed by atoms with Gasteiger partial charge in [0.15, 0.2) is 0 Å². The van der Waals surface area contributed by atoms with Gasteiger partial charge >= 0.3 is 5.97 Å². The lowest BCUT2D eigenvalue weighted by Gasteiger charge is -2.14. The molecule has 1 N–H and O–H groups in total. The van der Waals surface area contributed by atoms with Crippen LogP contribution in [0.2, 0.25) is 0 Å². The van der Waals surface area contributed by atoms with Crippen molar-refractivity contribution < 1.29 is 9.90 Å². The van der Waals surface area contributed by atoms with E-state index in [1.807, 2.05) is 6.92 Å². The molecule has 0 bridgehead atoms. The Kier molecular flexibility index (Phi) is 4.92. The Balaban J connectivity index is 3.63. The van der Waals surface area contributed by atoms with Gasteiger partial charge in [0.05, 0.1) is 5.92 Å². The van der Waals surface area contributed by atoms with E-state index in [4.69, 9.17) is 5.11 Å². The van der Waals surface area contributed by atoms with Gasteiger partial charge in [0, 0.05) is 0 Å². The van der Waals surface area contributed by atoms with Crippen molar-refractivity contribution in [2.75, 3.05) is 0 Å². The molecule has 11 heavy (non-hydrogen) atoms. The number of aliphatic carboxylic acids is 1. The fourth-order valence-electron chi connectivity index (χ4n) is 1.02. The zero-order chi connectivity index (χ0) is 8.85. The number of hydrogen-bond acceptors (Lipinski definition) is 1. The second-order valence-corrected chi connectivity index (χ2v) is 3.25. The van der Waals surface area contributed by atoms with Crippen molar-refractivity contribution in [2.24, 2.45) is 11.8 Å². The van der Waals surface area contributed by atoms with Gasteiger partial charge in [-0.1, -0.05) is 33.6 Å². The highest BCUT2D eigenvalue weighted by Gasteiger charge is 2.17. The first kappa shape index (κ1) is 10.5. The zero-order valence-corrected chi connectivity index (χ0v) is 7.63. The topological polar surface area (TPSA) is 37.3 Å². The first-order valence-electron chi connectivity index (χ1n) is 4.32. The average Bonchev–Trinajstić information content (AvgIpc) is 1.98. The molecule has 0 aromatic rings. The molecule has 0 unspecified atom stereocenters. The van der Waals surface area contributed by atoms with Crippen LogP contribution in [0.1, 0.15) is 40.0 Å². The van der Waals surface area contributed by atoms with Crippen LogP contribution in [0.5, 0.6) is 0 Å². The van der Waals surface area contributed by atoms with Crippen LogP contribution in [-0.4, -0.2) is 11.1 Å². The Labute approximate surface area is 68.6 Å². The molecule has 0 aliphatic carbocycles. The van der Waals surface area contributed by atoms with E-state index in [0.29, 0.717) is 5.92 Å². The van der Waals surface area contributed by atoms with Gasteiger partial charge in [0.1, 0.15) is 0 Å². The number of carbonyl (C=O) groups is 1. The van der Waals surface area contributed by atoms with Gasteiger partial charge in [0.2, 0.25) is 0 Å². The maximum atomic E-state index is 10.5. The molecule has 2 nitrogen and oxygen atoms in total. The minimum absolute atomic E-state index is 0.193. The largest absolute Gasteiger partial charge is 0.481 e. The predicted octanol–water partition coefficient (Wildman–Crippen LogP) is 2.53. The first-order valence-corrected chi connectivity index (χ1v) is 4.32. The van der Waals surface area contributed by atoms with Crippen LogP contribution in [0.25, 0.3) is 0 Å². The van der Waals surface area contributed by atoms with Gasteiger partial charge in [-0.3, -0.25) is 4.79 Å². The summed E-state index contributed by atoms with van der Waals surface area (Å²) in [6.45, 7) is 5.91. The van der Waals surface area contributed by atoms with E-state index in [0.717, 1.165) is 19.3 Å². The molecule has 0 rings (SSSR count). The van der Waals surface area contributed by atoms with Crippen LogP contribution < -0.4 is 0 Å². The van der Waals surface area contributed by atoms with Crippen LogP contribution in [0.3, 0.4) is 0 Å². The number of rotatable bonds is 5. The standard InChI is InChI=1S/C9H18O2/c1-4-5-6-7(2)8(3)9(10)11/h7-8H,4-6H2,1-3H3,(H,10,11)/t7-,8-/m0/s1. The van der Waals surface area contributed by atoms with Gasteiger partial charge < -0.3 is 5.11 Å². The Morgan fingerprint density at radius 2 is 2.00 bits per heavy atom. The summed E-state index contributed by atoms with van der Waals surface area (Å²) in [5.74, 6) is -0.553. The second kappa shape index (κ2) is 5.16. The molecule has 0 aromatic carbocycles. The molecule has 0 fully saturated rings. The summed E-state index contributed by atoms with van der Waals surface area (Å²) < 4.78 is 0. The Morgan fingerprint density at radius 3 is 2.36 bits per heavy atom. The SMILES string of the molecule is CCCC[C@H](C)[C@H](C)C(=O)O. The maximum absolute atomic E-state index is 10.5. The van der Waals surface area contributed by atoms with Crippen LogP contribution in [0.15, 0.2) is 0 Å². The van der Waals surface area contributed by atoms with Crippen molar-refractivity contribution in [1.82, 2.24) is 0 Å². The third-order valence-corrected chi connectivity index (χ3v) is 2.26. The zero-order valence-electron chi connectivity index (χ0n) is 7.63. The van der Waals surface area contributed by atoms with E-state index < -0.39 is 5.97 Å². The number of unbranched alkanes of at least 4 members (excludes halogenated alkanes) is 1. The summed E-state index contributed by atoms with van der Waals surface area (Å²) in [5.41, 5.74) is 0. The molecule has 2 heteroatoms. The highest BCUT2D eigenvalue weighted by atomic mass is 16.4. The molecule has 0 aromatic heterocycles. The Morgan fingerprint density at radius 1 is 1.45 bits per heavy atom. The smallest absolute Gasteiger partial charge is 0.306 e. The summed E-state index contributed by atoms with van der Waals surface area (Å²) in [7, 11) is 0. The van der Waals surface area contributed by atoms with Crippen molar-refractivity contribution in [3.05, 3.63) is 0 Å². The normalized spacial score (nSPS) is 15.9. The molecule has 0 saturated heterocycles. The molecular weight excluding hydrogens is 140 g/mol. The molecule has 0 radical (unpaired) electrons. The van der Waals surface area contributed by atoms with Gasteiger partial charge in [-0.15, -0.1) is 0 Å². The van der Waals surface area contributed by atoms with Crippen LogP contribution in [-0.2, 0) is 4.79 Å². The van der Waals surface area contributed by atoms with E-state index in [2.05, 4.69) is 6.92 Å². The van der Waals surface area contributed by atoms with Gasteiger partial charge in [-0.05, 0) is 12.3 Å². The van der Waals surface area contributed by atoms with Crippen molar-refractivity contribution >= 4 is 5.97 Å². The molecule has 66 valence electrons. The fourth-order valence-corrected chi connectivity index (χ4v) is 1.02. The van der Waals surface area contributed by atoms with E-state index in [9.17, 15) is 4.79 Å². The van der Waals surface area contributed by atoms with E-state index in [-0.39, 0.29) is 5.92 Å². The summed E-state index contributed by atoms with van der Waals surface area (Å²) in [5, 5.41) is 8.65. The molecule has 0 aliphatic heterocycles. The third-order valence-electron chi connectivity index (χ3n) is 2.26. The lowest BCUT2D eigenvalue weighted by molar-refractivity contribution is -0.142. The second-order valence-electron chi connectivity index (χ2n) is 3.25. The van der Waals surface area contributed by atoms with E-state index in [1.165, 1.54) is 0 Å². The first-order chi connectivity index (χ1) is 5.09. The quantitative estimate of drug-likeness (QED) is 0.667. The number of carboxylic acids is 1.